The van der Waals surface area contributed by atoms with Crippen molar-refractivity contribution in [3.63, 3.8) is 0 Å². The van der Waals surface area contributed by atoms with Crippen molar-refractivity contribution in [2.75, 3.05) is 13.1 Å². The second-order valence-electron chi connectivity index (χ2n) is 7.15. The third kappa shape index (κ3) is 3.61. The van der Waals surface area contributed by atoms with Gasteiger partial charge in [0.2, 0.25) is 0 Å². The molecule has 0 spiro atoms. The van der Waals surface area contributed by atoms with Crippen LogP contribution in [0.15, 0.2) is 48.5 Å². The van der Waals surface area contributed by atoms with Crippen molar-refractivity contribution in [1.82, 2.24) is 9.88 Å². The topological polar surface area (TPSA) is 16.1 Å². The molecule has 3 aromatic rings. The summed E-state index contributed by atoms with van der Waals surface area (Å²) in [6.45, 7) is 4.51. The van der Waals surface area contributed by atoms with Crippen LogP contribution in [0.25, 0.3) is 22.0 Å². The first-order valence-corrected chi connectivity index (χ1v) is 9.19. The number of benzene rings is 2. The average molecular weight is 352 g/mol. The largest absolute Gasteiger partial charge is 0.300 e. The fraction of sp³-hybridized carbons (Fsp3) is 0.318. The molecule has 26 heavy (non-hydrogen) atoms. The van der Waals surface area contributed by atoms with Crippen molar-refractivity contribution >= 4 is 10.9 Å². The number of aromatic nitrogens is 1. The van der Waals surface area contributed by atoms with Gasteiger partial charge < -0.3 is 4.90 Å². The zero-order chi connectivity index (χ0) is 18.1. The van der Waals surface area contributed by atoms with Crippen LogP contribution in [0, 0.1) is 11.6 Å². The van der Waals surface area contributed by atoms with E-state index in [0.717, 1.165) is 41.2 Å². The van der Waals surface area contributed by atoms with E-state index in [4.69, 9.17) is 4.98 Å². The fourth-order valence-corrected chi connectivity index (χ4v) is 3.79. The van der Waals surface area contributed by atoms with Crippen LogP contribution in [-0.4, -0.2) is 29.0 Å². The van der Waals surface area contributed by atoms with Gasteiger partial charge >= 0.3 is 0 Å². The molecule has 4 rings (SSSR count). The molecule has 0 radical (unpaired) electrons. The Morgan fingerprint density at radius 1 is 1.00 bits per heavy atom. The van der Waals surface area contributed by atoms with Gasteiger partial charge in [-0.2, -0.15) is 0 Å². The molecule has 0 aliphatic carbocycles. The molecule has 2 heterocycles. The zero-order valence-corrected chi connectivity index (χ0v) is 14.9. The Morgan fingerprint density at radius 2 is 1.81 bits per heavy atom. The Hall–Kier alpha value is -2.33. The molecule has 1 aromatic heterocycles. The van der Waals surface area contributed by atoms with Crippen LogP contribution in [0.1, 0.15) is 25.5 Å². The van der Waals surface area contributed by atoms with E-state index >= 15 is 0 Å². The summed E-state index contributed by atoms with van der Waals surface area (Å²) in [6, 6.07) is 14.1. The molecule has 1 aliphatic heterocycles. The molecule has 0 bridgehead atoms. The van der Waals surface area contributed by atoms with Gasteiger partial charge in [-0.3, -0.25) is 4.98 Å². The van der Waals surface area contributed by atoms with Crippen LogP contribution >= 0.6 is 0 Å². The monoisotopic (exact) mass is 352 g/mol. The minimum Gasteiger partial charge on any atom is -0.300 e. The summed E-state index contributed by atoms with van der Waals surface area (Å²) < 4.78 is 26.9. The maximum atomic E-state index is 13.5. The zero-order valence-electron chi connectivity index (χ0n) is 14.9. The normalized spacial score (nSPS) is 17.9. The van der Waals surface area contributed by atoms with Crippen molar-refractivity contribution < 1.29 is 8.78 Å². The summed E-state index contributed by atoms with van der Waals surface area (Å²) in [5.74, 6) is -1.13. The van der Waals surface area contributed by atoms with Crippen LogP contribution in [0.4, 0.5) is 8.78 Å². The Morgan fingerprint density at radius 3 is 2.54 bits per heavy atom. The van der Waals surface area contributed by atoms with Crippen LogP contribution < -0.4 is 0 Å². The third-order valence-electron chi connectivity index (χ3n) is 5.29. The minimum absolute atomic E-state index is 0.538. The van der Waals surface area contributed by atoms with Gasteiger partial charge in [0.1, 0.15) is 11.6 Å². The fourth-order valence-electron chi connectivity index (χ4n) is 3.79. The summed E-state index contributed by atoms with van der Waals surface area (Å²) in [5.41, 5.74) is 3.33. The maximum Gasteiger partial charge on any atom is 0.126 e. The smallest absolute Gasteiger partial charge is 0.126 e. The Kier molecular flexibility index (Phi) is 4.68. The predicted molar refractivity (Wildman–Crippen MR) is 101 cm³/mol. The molecule has 4 heteroatoms. The molecule has 134 valence electrons. The average Bonchev–Trinajstić information content (AvgIpc) is 3.03. The molecular weight excluding hydrogens is 330 g/mol. The third-order valence-corrected chi connectivity index (χ3v) is 5.29. The van der Waals surface area contributed by atoms with Crippen LogP contribution in [0.3, 0.4) is 0 Å². The summed E-state index contributed by atoms with van der Waals surface area (Å²) in [4.78, 5) is 7.28. The van der Waals surface area contributed by atoms with Gasteiger partial charge in [0.25, 0.3) is 0 Å². The number of fused-ring (bicyclic) bond motifs is 1. The number of hydrogen-bond acceptors (Lipinski definition) is 2. The Balaban J connectivity index is 1.56. The van der Waals surface area contributed by atoms with E-state index in [9.17, 15) is 8.78 Å². The molecule has 2 nitrogen and oxygen atoms in total. The second kappa shape index (κ2) is 7.12. The van der Waals surface area contributed by atoms with Crippen molar-refractivity contribution in [3.05, 3.63) is 65.9 Å². The summed E-state index contributed by atoms with van der Waals surface area (Å²) >= 11 is 0. The standard InChI is InChI=1S/C22H22F2N2/c1-15-3-2-9-26(15)10-8-21-6-4-17-11-16(5-7-22(17)25-21)18-12-19(23)14-20(24)13-18/h4-7,11-15H,2-3,8-10H2,1H3/t15-/m1/s1. The van der Waals surface area contributed by atoms with Gasteiger partial charge in [-0.25, -0.2) is 8.78 Å². The molecular formula is C22H22F2N2. The van der Waals surface area contributed by atoms with Gasteiger partial charge in [-0.05, 0) is 67.8 Å². The molecule has 0 saturated carbocycles. The van der Waals surface area contributed by atoms with Gasteiger partial charge in [-0.15, -0.1) is 0 Å². The lowest BCUT2D eigenvalue weighted by Crippen LogP contribution is -2.29. The summed E-state index contributed by atoms with van der Waals surface area (Å²) in [7, 11) is 0. The highest BCUT2D eigenvalue weighted by atomic mass is 19.1. The second-order valence-corrected chi connectivity index (χ2v) is 7.15. The highest BCUT2D eigenvalue weighted by Gasteiger charge is 2.19. The quantitative estimate of drug-likeness (QED) is 0.641. The van der Waals surface area contributed by atoms with Crippen LogP contribution in [-0.2, 0) is 6.42 Å². The predicted octanol–water partition coefficient (Wildman–Crippen LogP) is 5.21. The Bertz CT molecular complexity index is 918. The molecule has 2 aromatic carbocycles. The lowest BCUT2D eigenvalue weighted by molar-refractivity contribution is 0.271. The first-order chi connectivity index (χ1) is 12.6. The molecule has 0 N–H and O–H groups in total. The number of pyridine rings is 1. The molecule has 1 aliphatic rings. The van der Waals surface area contributed by atoms with Crippen molar-refractivity contribution in [2.45, 2.75) is 32.2 Å². The number of rotatable bonds is 4. The van der Waals surface area contributed by atoms with E-state index in [0.29, 0.717) is 11.6 Å². The van der Waals surface area contributed by atoms with Crippen LogP contribution in [0.5, 0.6) is 0 Å². The molecule has 0 amide bonds. The van der Waals surface area contributed by atoms with Gasteiger partial charge in [0.05, 0.1) is 5.52 Å². The number of halogens is 2. The molecule has 1 atom stereocenters. The summed E-state index contributed by atoms with van der Waals surface area (Å²) in [5, 5.41) is 0.977. The lowest BCUT2D eigenvalue weighted by Gasteiger charge is -2.20. The number of likely N-dealkylation sites (tertiary alicyclic amines) is 1. The molecule has 0 unspecified atom stereocenters. The highest BCUT2D eigenvalue weighted by molar-refractivity contribution is 5.84. The first kappa shape index (κ1) is 17.1. The number of nitrogens with zero attached hydrogens (tertiary/aromatic N) is 2. The van der Waals surface area contributed by atoms with Gasteiger partial charge in [0, 0.05) is 36.2 Å². The van der Waals surface area contributed by atoms with Crippen LogP contribution in [0.2, 0.25) is 0 Å². The SMILES string of the molecule is C[C@@H]1CCCN1CCc1ccc2cc(-c3cc(F)cc(F)c3)ccc2n1. The van der Waals surface area contributed by atoms with E-state index < -0.39 is 11.6 Å². The Labute approximate surface area is 152 Å². The number of hydrogen-bond donors (Lipinski definition) is 0. The van der Waals surface area contributed by atoms with Crippen molar-refractivity contribution in [2.24, 2.45) is 0 Å². The van der Waals surface area contributed by atoms with Crippen molar-refractivity contribution in [3.8, 4) is 11.1 Å². The van der Waals surface area contributed by atoms with Gasteiger partial charge in [-0.1, -0.05) is 12.1 Å². The molecule has 1 fully saturated rings. The van der Waals surface area contributed by atoms with E-state index in [-0.39, 0.29) is 0 Å². The highest BCUT2D eigenvalue weighted by Crippen LogP contribution is 2.26. The van der Waals surface area contributed by atoms with E-state index in [2.05, 4.69) is 17.9 Å². The molecule has 1 saturated heterocycles. The minimum atomic E-state index is -0.565. The van der Waals surface area contributed by atoms with Crippen molar-refractivity contribution in [1.29, 1.82) is 0 Å². The summed E-state index contributed by atoms with van der Waals surface area (Å²) in [6.07, 6.45) is 3.52. The lowest BCUT2D eigenvalue weighted by atomic mass is 10.0. The first-order valence-electron chi connectivity index (χ1n) is 9.19. The van der Waals surface area contributed by atoms with E-state index in [1.54, 1.807) is 0 Å². The van der Waals surface area contributed by atoms with Gasteiger partial charge in [0.15, 0.2) is 0 Å². The van der Waals surface area contributed by atoms with E-state index in [1.165, 1.54) is 31.5 Å². The maximum absolute atomic E-state index is 13.5. The van der Waals surface area contributed by atoms with E-state index in [1.807, 2.05) is 24.3 Å².